The molecule has 18 heavy (non-hydrogen) atoms. The number of aryl methyl sites for hydroxylation is 4. The molecule has 2 aromatic rings. The first-order valence-corrected chi connectivity index (χ1v) is 5.37. The molecule has 0 amide bonds. The molecule has 0 saturated heterocycles. The van der Waals surface area contributed by atoms with Crippen molar-refractivity contribution in [1.82, 2.24) is 9.97 Å². The summed E-state index contributed by atoms with van der Waals surface area (Å²) in [6.45, 7) is 8.13. The van der Waals surface area contributed by atoms with Gasteiger partial charge in [-0.05, 0) is 51.0 Å². The second-order valence-corrected chi connectivity index (χ2v) is 3.81. The second kappa shape index (κ2) is 9.86. The van der Waals surface area contributed by atoms with Crippen LogP contribution in [0.1, 0.15) is 22.5 Å². The minimum Gasteiger partial charge on any atom is -0.261 e. The van der Waals surface area contributed by atoms with E-state index in [4.69, 9.17) is 0 Å². The first kappa shape index (κ1) is 19.2. The molecule has 2 rings (SSSR count). The number of halogens is 2. The van der Waals surface area contributed by atoms with Crippen LogP contribution in [0, 0.1) is 27.7 Å². The Bertz CT molecular complexity index is 374. The van der Waals surface area contributed by atoms with Gasteiger partial charge in [-0.3, -0.25) is 9.97 Å². The standard InChI is InChI=1S/2C7H9N.2ClH/c2*1-6-4-3-5-8-7(6)2;;/h2*3-5H,1-2H3;2*1H. The molecule has 0 saturated carbocycles. The van der Waals surface area contributed by atoms with Crippen molar-refractivity contribution in [2.45, 2.75) is 27.7 Å². The maximum Gasteiger partial charge on any atom is 0.0401 e. The molecule has 2 nitrogen and oxygen atoms in total. The number of nitrogens with zero attached hydrogens (tertiary/aromatic N) is 2. The SMILES string of the molecule is Cc1cccnc1C.Cc1cccnc1C.Cl.Cl. The molecular weight excluding hydrogens is 267 g/mol. The molecule has 0 aliphatic rings. The van der Waals surface area contributed by atoms with Gasteiger partial charge in [0.25, 0.3) is 0 Å². The zero-order chi connectivity index (χ0) is 12.0. The first-order valence-electron chi connectivity index (χ1n) is 5.37. The summed E-state index contributed by atoms with van der Waals surface area (Å²) in [7, 11) is 0. The smallest absolute Gasteiger partial charge is 0.0401 e. The van der Waals surface area contributed by atoms with Gasteiger partial charge >= 0.3 is 0 Å². The fourth-order valence-corrected chi connectivity index (χ4v) is 1.13. The van der Waals surface area contributed by atoms with E-state index in [0.29, 0.717) is 0 Å². The van der Waals surface area contributed by atoms with Gasteiger partial charge in [0.05, 0.1) is 0 Å². The Morgan fingerprint density at radius 3 is 1.17 bits per heavy atom. The summed E-state index contributed by atoms with van der Waals surface area (Å²) in [5.41, 5.74) is 4.75. The lowest BCUT2D eigenvalue weighted by molar-refractivity contribution is 1.15. The Morgan fingerprint density at radius 2 is 1.00 bits per heavy atom. The van der Waals surface area contributed by atoms with E-state index < -0.39 is 0 Å². The lowest BCUT2D eigenvalue weighted by Crippen LogP contribution is -1.81. The van der Waals surface area contributed by atoms with Gasteiger partial charge in [-0.2, -0.15) is 0 Å². The predicted octanol–water partition coefficient (Wildman–Crippen LogP) is 4.24. The van der Waals surface area contributed by atoms with Gasteiger partial charge in [0, 0.05) is 23.8 Å². The van der Waals surface area contributed by atoms with E-state index >= 15 is 0 Å². The van der Waals surface area contributed by atoms with Crippen LogP contribution in [0.2, 0.25) is 0 Å². The third kappa shape index (κ3) is 6.58. The molecule has 0 aromatic carbocycles. The van der Waals surface area contributed by atoms with Crippen LogP contribution < -0.4 is 0 Å². The largest absolute Gasteiger partial charge is 0.261 e. The first-order chi connectivity index (χ1) is 7.61. The van der Waals surface area contributed by atoms with E-state index in [9.17, 15) is 0 Å². The average Bonchev–Trinajstić information content (AvgIpc) is 2.28. The fourth-order valence-electron chi connectivity index (χ4n) is 1.13. The van der Waals surface area contributed by atoms with Crippen LogP contribution in [0.5, 0.6) is 0 Å². The van der Waals surface area contributed by atoms with Crippen LogP contribution in [-0.4, -0.2) is 9.97 Å². The van der Waals surface area contributed by atoms with Crippen molar-refractivity contribution in [1.29, 1.82) is 0 Å². The fraction of sp³-hybridized carbons (Fsp3) is 0.286. The lowest BCUT2D eigenvalue weighted by Gasteiger charge is -1.92. The minimum atomic E-state index is 0. The van der Waals surface area contributed by atoms with Gasteiger partial charge in [-0.15, -0.1) is 24.8 Å². The summed E-state index contributed by atoms with van der Waals surface area (Å²) in [6.07, 6.45) is 3.62. The lowest BCUT2D eigenvalue weighted by atomic mass is 10.2. The van der Waals surface area contributed by atoms with Gasteiger partial charge in [0.1, 0.15) is 0 Å². The maximum atomic E-state index is 4.08. The van der Waals surface area contributed by atoms with Crippen molar-refractivity contribution in [2.24, 2.45) is 0 Å². The maximum absolute atomic E-state index is 4.08. The topological polar surface area (TPSA) is 25.8 Å². The van der Waals surface area contributed by atoms with Gasteiger partial charge in [0.15, 0.2) is 0 Å². The summed E-state index contributed by atoms with van der Waals surface area (Å²) >= 11 is 0. The number of pyridine rings is 2. The zero-order valence-electron chi connectivity index (χ0n) is 11.2. The van der Waals surface area contributed by atoms with Gasteiger partial charge < -0.3 is 0 Å². The molecule has 0 unspecified atom stereocenters. The molecular formula is C14H20Cl2N2. The molecule has 0 bridgehead atoms. The highest BCUT2D eigenvalue weighted by Crippen LogP contribution is 1.99. The summed E-state index contributed by atoms with van der Waals surface area (Å²) in [4.78, 5) is 8.16. The molecule has 4 heteroatoms. The van der Waals surface area contributed by atoms with Gasteiger partial charge in [-0.25, -0.2) is 0 Å². The third-order valence-electron chi connectivity index (χ3n) is 2.54. The van der Waals surface area contributed by atoms with Crippen LogP contribution in [0.25, 0.3) is 0 Å². The van der Waals surface area contributed by atoms with Crippen molar-refractivity contribution in [3.63, 3.8) is 0 Å². The Labute approximate surface area is 122 Å². The summed E-state index contributed by atoms with van der Waals surface area (Å²) in [6, 6.07) is 8.01. The normalized spacial score (nSPS) is 8.22. The molecule has 0 fully saturated rings. The van der Waals surface area contributed by atoms with E-state index in [1.165, 1.54) is 11.1 Å². The van der Waals surface area contributed by atoms with Crippen LogP contribution in [0.15, 0.2) is 36.7 Å². The van der Waals surface area contributed by atoms with Crippen LogP contribution in [0.3, 0.4) is 0 Å². The second-order valence-electron chi connectivity index (χ2n) is 3.81. The molecule has 0 aliphatic heterocycles. The van der Waals surface area contributed by atoms with Crippen LogP contribution in [0.4, 0.5) is 0 Å². The summed E-state index contributed by atoms with van der Waals surface area (Å²) in [5.74, 6) is 0. The Hall–Kier alpha value is -1.12. The number of aromatic nitrogens is 2. The number of hydrogen-bond acceptors (Lipinski definition) is 2. The average molecular weight is 287 g/mol. The van der Waals surface area contributed by atoms with Crippen molar-refractivity contribution in [2.75, 3.05) is 0 Å². The molecule has 100 valence electrons. The molecule has 0 N–H and O–H groups in total. The quantitative estimate of drug-likeness (QED) is 0.724. The molecule has 0 radical (unpaired) electrons. The highest BCUT2D eigenvalue weighted by atomic mass is 35.5. The Balaban J connectivity index is 0. The highest BCUT2D eigenvalue weighted by Gasteiger charge is 1.86. The predicted molar refractivity (Wildman–Crippen MR) is 81.9 cm³/mol. The highest BCUT2D eigenvalue weighted by molar-refractivity contribution is 5.85. The van der Waals surface area contributed by atoms with E-state index in [2.05, 4.69) is 35.9 Å². The molecule has 0 atom stereocenters. The van der Waals surface area contributed by atoms with E-state index in [-0.39, 0.29) is 24.8 Å². The number of hydrogen-bond donors (Lipinski definition) is 0. The van der Waals surface area contributed by atoms with Crippen molar-refractivity contribution in [3.05, 3.63) is 59.2 Å². The summed E-state index contributed by atoms with van der Waals surface area (Å²) < 4.78 is 0. The van der Waals surface area contributed by atoms with Crippen LogP contribution >= 0.6 is 24.8 Å². The Kier molecular flexibility index (Phi) is 10.5. The summed E-state index contributed by atoms with van der Waals surface area (Å²) in [5, 5.41) is 0. The molecule has 2 aromatic heterocycles. The van der Waals surface area contributed by atoms with Crippen molar-refractivity contribution >= 4 is 24.8 Å². The van der Waals surface area contributed by atoms with E-state index in [1.807, 2.05) is 38.4 Å². The van der Waals surface area contributed by atoms with Crippen LogP contribution in [-0.2, 0) is 0 Å². The van der Waals surface area contributed by atoms with E-state index in [1.54, 1.807) is 0 Å². The van der Waals surface area contributed by atoms with Crippen molar-refractivity contribution < 1.29 is 0 Å². The van der Waals surface area contributed by atoms with Gasteiger partial charge in [-0.1, -0.05) is 12.1 Å². The van der Waals surface area contributed by atoms with E-state index in [0.717, 1.165) is 11.4 Å². The number of rotatable bonds is 0. The van der Waals surface area contributed by atoms with Crippen molar-refractivity contribution in [3.8, 4) is 0 Å². The minimum absolute atomic E-state index is 0. The zero-order valence-corrected chi connectivity index (χ0v) is 12.8. The molecule has 0 spiro atoms. The molecule has 2 heterocycles. The monoisotopic (exact) mass is 286 g/mol. The van der Waals surface area contributed by atoms with Gasteiger partial charge in [0.2, 0.25) is 0 Å². The third-order valence-corrected chi connectivity index (χ3v) is 2.54. The molecule has 0 aliphatic carbocycles. The Morgan fingerprint density at radius 1 is 0.667 bits per heavy atom.